The van der Waals surface area contributed by atoms with E-state index in [-0.39, 0.29) is 17.4 Å². The minimum atomic E-state index is -0.408. The van der Waals surface area contributed by atoms with E-state index in [1.54, 1.807) is 17.2 Å². The van der Waals surface area contributed by atoms with Crippen molar-refractivity contribution in [1.29, 1.82) is 0 Å². The summed E-state index contributed by atoms with van der Waals surface area (Å²) in [5.74, 6) is 1.16. The number of carbonyl (C=O) groups excluding carboxylic acids is 1. The van der Waals surface area contributed by atoms with Gasteiger partial charge in [-0.15, -0.1) is 0 Å². The standard InChI is InChI=1S/C23H20BrN5O2S/c1-3-13(2)20-22(31)29-21(27-20)16-6-4-5-7-17(16)26-23(29)32-12-15-10-19(30)28-11-14(24)8-9-18(28)25-15/h4-11,13,20H,3,12H2,1-2H3/t13-,20+/m0/s1. The Morgan fingerprint density at radius 2 is 2.00 bits per heavy atom. The zero-order valence-corrected chi connectivity index (χ0v) is 19.9. The van der Waals surface area contributed by atoms with Crippen LogP contribution in [0.2, 0.25) is 0 Å². The normalized spacial score (nSPS) is 18.3. The van der Waals surface area contributed by atoms with E-state index in [9.17, 15) is 9.59 Å². The number of rotatable bonds is 4. The van der Waals surface area contributed by atoms with Crippen molar-refractivity contribution < 1.29 is 4.79 Å². The van der Waals surface area contributed by atoms with Gasteiger partial charge < -0.3 is 0 Å². The lowest BCUT2D eigenvalue weighted by Gasteiger charge is -2.25. The number of benzene rings is 1. The second-order valence-electron chi connectivity index (χ2n) is 7.82. The average molecular weight is 510 g/mol. The maximum Gasteiger partial charge on any atom is 0.259 e. The Labute approximate surface area is 197 Å². The van der Waals surface area contributed by atoms with Crippen LogP contribution in [0.25, 0.3) is 5.65 Å². The van der Waals surface area contributed by atoms with E-state index in [1.165, 1.54) is 22.2 Å². The van der Waals surface area contributed by atoms with E-state index in [0.29, 0.717) is 28.1 Å². The molecule has 32 heavy (non-hydrogen) atoms. The van der Waals surface area contributed by atoms with Crippen molar-refractivity contribution in [2.75, 3.05) is 0 Å². The van der Waals surface area contributed by atoms with Crippen molar-refractivity contribution >= 4 is 55.9 Å². The highest BCUT2D eigenvalue weighted by Gasteiger charge is 2.42. The molecule has 2 aliphatic rings. The lowest BCUT2D eigenvalue weighted by atomic mass is 10.00. The number of aromatic nitrogens is 2. The maximum atomic E-state index is 13.3. The summed E-state index contributed by atoms with van der Waals surface area (Å²) in [6.07, 6.45) is 2.56. The molecule has 0 spiro atoms. The van der Waals surface area contributed by atoms with Gasteiger partial charge in [0.05, 0.1) is 11.4 Å². The highest BCUT2D eigenvalue weighted by atomic mass is 79.9. The molecule has 5 rings (SSSR count). The van der Waals surface area contributed by atoms with Crippen LogP contribution in [-0.4, -0.2) is 37.2 Å². The molecule has 0 aliphatic carbocycles. The van der Waals surface area contributed by atoms with Crippen molar-refractivity contribution in [3.63, 3.8) is 0 Å². The summed E-state index contributed by atoms with van der Waals surface area (Å²) < 4.78 is 2.31. The van der Waals surface area contributed by atoms with Gasteiger partial charge in [0, 0.05) is 28.1 Å². The van der Waals surface area contributed by atoms with Crippen LogP contribution in [-0.2, 0) is 10.5 Å². The van der Waals surface area contributed by atoms with Crippen LogP contribution in [0, 0.1) is 5.92 Å². The lowest BCUT2D eigenvalue weighted by Crippen LogP contribution is -2.42. The number of amidine groups is 2. The Hall–Kier alpha value is -2.78. The molecule has 1 aromatic carbocycles. The minimum Gasteiger partial charge on any atom is -0.271 e. The van der Waals surface area contributed by atoms with Gasteiger partial charge in [0.25, 0.3) is 11.5 Å². The SMILES string of the molecule is CC[C@H](C)[C@H]1N=C2c3ccccc3N=C(SCc3cc(=O)n4cc(Br)ccc4n3)N2C1=O. The van der Waals surface area contributed by atoms with E-state index in [1.807, 2.05) is 37.3 Å². The molecule has 0 N–H and O–H groups in total. The van der Waals surface area contributed by atoms with Crippen LogP contribution >= 0.6 is 27.7 Å². The highest BCUT2D eigenvalue weighted by molar-refractivity contribution is 9.10. The summed E-state index contributed by atoms with van der Waals surface area (Å²) >= 11 is 4.77. The third-order valence-electron chi connectivity index (χ3n) is 5.71. The molecule has 1 amide bonds. The fourth-order valence-electron chi connectivity index (χ4n) is 3.80. The molecule has 0 bridgehead atoms. The number of pyridine rings is 1. The van der Waals surface area contributed by atoms with Gasteiger partial charge in [-0.05, 0) is 46.1 Å². The molecule has 0 fully saturated rings. The quantitative estimate of drug-likeness (QED) is 0.522. The monoisotopic (exact) mass is 509 g/mol. The molecule has 3 aromatic rings. The summed E-state index contributed by atoms with van der Waals surface area (Å²) in [5.41, 5.74) is 2.71. The van der Waals surface area contributed by atoms with Crippen molar-refractivity contribution in [2.45, 2.75) is 32.1 Å². The van der Waals surface area contributed by atoms with Gasteiger partial charge in [-0.3, -0.25) is 19.0 Å². The zero-order chi connectivity index (χ0) is 22.4. The summed E-state index contributed by atoms with van der Waals surface area (Å²) in [4.78, 5) is 41.6. The van der Waals surface area contributed by atoms with Crippen LogP contribution in [0.15, 0.2) is 67.9 Å². The van der Waals surface area contributed by atoms with Gasteiger partial charge in [0.1, 0.15) is 17.5 Å². The molecule has 162 valence electrons. The first-order chi connectivity index (χ1) is 15.5. The molecule has 0 radical (unpaired) electrons. The number of thioether (sulfide) groups is 1. The molecule has 9 heteroatoms. The number of fused-ring (bicyclic) bond motifs is 4. The van der Waals surface area contributed by atoms with E-state index in [4.69, 9.17) is 9.98 Å². The lowest BCUT2D eigenvalue weighted by molar-refractivity contribution is -0.125. The first-order valence-corrected chi connectivity index (χ1v) is 12.1. The summed E-state index contributed by atoms with van der Waals surface area (Å²) in [6, 6.07) is 12.5. The Kier molecular flexibility index (Phi) is 5.46. The maximum absolute atomic E-state index is 13.3. The smallest absolute Gasteiger partial charge is 0.259 e. The van der Waals surface area contributed by atoms with Crippen LogP contribution < -0.4 is 5.56 Å². The number of amides is 1. The second kappa shape index (κ2) is 8.29. The van der Waals surface area contributed by atoms with Gasteiger partial charge in [0.2, 0.25) is 0 Å². The molecule has 4 heterocycles. The van der Waals surface area contributed by atoms with Crippen LogP contribution in [0.5, 0.6) is 0 Å². The number of carbonyl (C=O) groups is 1. The number of hydrogen-bond donors (Lipinski definition) is 0. The molecule has 2 aliphatic heterocycles. The van der Waals surface area contributed by atoms with Gasteiger partial charge >= 0.3 is 0 Å². The fourth-order valence-corrected chi connectivity index (χ4v) is 5.03. The fraction of sp³-hybridized carbons (Fsp3) is 0.261. The predicted octanol–water partition coefficient (Wildman–Crippen LogP) is 4.40. The highest BCUT2D eigenvalue weighted by Crippen LogP contribution is 2.35. The molecule has 7 nitrogen and oxygen atoms in total. The number of halogens is 1. The third-order valence-corrected chi connectivity index (χ3v) is 7.15. The largest absolute Gasteiger partial charge is 0.271 e. The van der Waals surface area contributed by atoms with Crippen LogP contribution in [0.4, 0.5) is 5.69 Å². The van der Waals surface area contributed by atoms with Crippen LogP contribution in [0.1, 0.15) is 31.5 Å². The van der Waals surface area contributed by atoms with Gasteiger partial charge in [0.15, 0.2) is 5.17 Å². The van der Waals surface area contributed by atoms with Gasteiger partial charge in [-0.2, -0.15) is 0 Å². The van der Waals surface area contributed by atoms with E-state index in [0.717, 1.165) is 22.1 Å². The summed E-state index contributed by atoms with van der Waals surface area (Å²) in [5, 5.41) is 0.566. The van der Waals surface area contributed by atoms with Crippen molar-refractivity contribution in [1.82, 2.24) is 14.3 Å². The number of hydrogen-bond acceptors (Lipinski definition) is 6. The van der Waals surface area contributed by atoms with Crippen molar-refractivity contribution in [3.05, 3.63) is 74.7 Å². The number of nitrogens with zero attached hydrogens (tertiary/aromatic N) is 5. The van der Waals surface area contributed by atoms with Gasteiger partial charge in [-0.25, -0.2) is 14.9 Å². The molecule has 0 unspecified atom stereocenters. The van der Waals surface area contributed by atoms with E-state index < -0.39 is 6.04 Å². The molecule has 2 atom stereocenters. The zero-order valence-electron chi connectivity index (χ0n) is 17.5. The Balaban J connectivity index is 1.49. The van der Waals surface area contributed by atoms with Crippen LogP contribution in [0.3, 0.4) is 0 Å². The molecule has 2 aromatic heterocycles. The first kappa shape index (κ1) is 21.1. The molecule has 0 saturated carbocycles. The van der Waals surface area contributed by atoms with Gasteiger partial charge in [-0.1, -0.05) is 44.2 Å². The minimum absolute atomic E-state index is 0.0495. The Morgan fingerprint density at radius 3 is 2.81 bits per heavy atom. The third kappa shape index (κ3) is 3.59. The molecule has 0 saturated heterocycles. The number of aliphatic imine (C=N–C) groups is 2. The Bertz CT molecular complexity index is 1370. The topological polar surface area (TPSA) is 79.4 Å². The van der Waals surface area contributed by atoms with E-state index in [2.05, 4.69) is 27.8 Å². The Morgan fingerprint density at radius 1 is 1.19 bits per heavy atom. The summed E-state index contributed by atoms with van der Waals surface area (Å²) in [7, 11) is 0. The molecular weight excluding hydrogens is 490 g/mol. The number of para-hydroxylation sites is 1. The summed E-state index contributed by atoms with van der Waals surface area (Å²) in [6.45, 7) is 4.11. The second-order valence-corrected chi connectivity index (χ2v) is 9.68. The molecular formula is C23H20BrN5O2S. The first-order valence-electron chi connectivity index (χ1n) is 10.4. The van der Waals surface area contributed by atoms with E-state index >= 15 is 0 Å². The van der Waals surface area contributed by atoms with Crippen molar-refractivity contribution in [2.24, 2.45) is 15.9 Å². The predicted molar refractivity (Wildman–Crippen MR) is 131 cm³/mol. The average Bonchev–Trinajstić information content (AvgIpc) is 3.15. The van der Waals surface area contributed by atoms with Crippen molar-refractivity contribution in [3.8, 4) is 0 Å².